The molecule has 1 aromatic rings. The highest BCUT2D eigenvalue weighted by Crippen LogP contribution is 2.37. The molecule has 0 saturated carbocycles. The van der Waals surface area contributed by atoms with E-state index in [1.54, 1.807) is 0 Å². The fourth-order valence-corrected chi connectivity index (χ4v) is 0.992. The van der Waals surface area contributed by atoms with Crippen LogP contribution in [0.25, 0.3) is 0 Å². The first-order valence-electron chi connectivity index (χ1n) is 4.91. The second-order valence-corrected chi connectivity index (χ2v) is 3.61. The van der Waals surface area contributed by atoms with Crippen LogP contribution in [-0.4, -0.2) is 19.8 Å². The SMILES string of the molecule is N.N.[2H]C([2H])([2H])c1ncc(COP(=O)(O)O)c(N)n1. The number of phosphoric ester groups is 1. The van der Waals surface area contributed by atoms with E-state index in [0.717, 1.165) is 6.20 Å². The Morgan fingerprint density at radius 3 is 2.69 bits per heavy atom. The standard InChI is InChI=1S/C6H10N3O4P.2H3N/c1-4-8-2-5(6(7)9-4)3-13-14(10,11)12;;/h2H,3H2,1H3,(H2,7,8,9)(H2,10,11,12);2*1H3/i1D3;;. The van der Waals surface area contributed by atoms with Crippen molar-refractivity contribution in [3.05, 3.63) is 17.6 Å². The third kappa shape index (κ3) is 5.71. The molecule has 0 saturated heterocycles. The zero-order chi connectivity index (χ0) is 13.3. The van der Waals surface area contributed by atoms with Gasteiger partial charge in [0.25, 0.3) is 0 Å². The molecule has 94 valence electrons. The van der Waals surface area contributed by atoms with Crippen LogP contribution in [0, 0.1) is 6.85 Å². The summed E-state index contributed by atoms with van der Waals surface area (Å²) in [6.45, 7) is -2.99. The second-order valence-electron chi connectivity index (χ2n) is 2.37. The van der Waals surface area contributed by atoms with Crippen LogP contribution in [0.4, 0.5) is 5.82 Å². The number of aromatic nitrogens is 2. The van der Waals surface area contributed by atoms with Crippen LogP contribution in [0.5, 0.6) is 0 Å². The summed E-state index contributed by atoms with van der Waals surface area (Å²) in [5.74, 6) is -0.630. The monoisotopic (exact) mass is 256 g/mol. The summed E-state index contributed by atoms with van der Waals surface area (Å²) in [5, 5.41) is 0. The molecule has 0 atom stereocenters. The van der Waals surface area contributed by atoms with Gasteiger partial charge < -0.3 is 27.8 Å². The molecule has 0 aliphatic heterocycles. The summed E-state index contributed by atoms with van der Waals surface area (Å²) >= 11 is 0. The molecule has 0 amide bonds. The van der Waals surface area contributed by atoms with Gasteiger partial charge in [0.15, 0.2) is 0 Å². The molecule has 0 aromatic carbocycles. The number of rotatable bonds is 3. The summed E-state index contributed by atoms with van der Waals surface area (Å²) < 4.78 is 35.7. The van der Waals surface area contributed by atoms with Crippen LogP contribution in [0.2, 0.25) is 0 Å². The molecular weight excluding hydrogens is 237 g/mol. The molecule has 1 aromatic heterocycles. The van der Waals surface area contributed by atoms with E-state index >= 15 is 0 Å². The first-order chi connectivity index (χ1) is 7.59. The maximum Gasteiger partial charge on any atom is 0.469 e. The molecule has 0 unspecified atom stereocenters. The summed E-state index contributed by atoms with van der Waals surface area (Å²) in [7, 11) is -4.62. The fraction of sp³-hybridized carbons (Fsp3) is 0.333. The highest BCUT2D eigenvalue weighted by atomic mass is 31.2. The Balaban J connectivity index is 0. The van der Waals surface area contributed by atoms with Gasteiger partial charge in [-0.05, 0) is 6.85 Å². The van der Waals surface area contributed by atoms with Crippen LogP contribution in [-0.2, 0) is 15.7 Å². The number of nitrogen functional groups attached to an aromatic ring is 1. The number of phosphoric acid groups is 1. The van der Waals surface area contributed by atoms with Crippen molar-refractivity contribution in [3.8, 4) is 0 Å². The highest BCUT2D eigenvalue weighted by Gasteiger charge is 2.15. The molecule has 16 heavy (non-hydrogen) atoms. The first kappa shape index (κ1) is 11.4. The molecule has 1 heterocycles. The summed E-state index contributed by atoms with van der Waals surface area (Å²) in [6.07, 6.45) is 1.06. The number of anilines is 1. The van der Waals surface area contributed by atoms with Gasteiger partial charge in [0.2, 0.25) is 0 Å². The molecule has 10 heteroatoms. The lowest BCUT2D eigenvalue weighted by molar-refractivity contribution is 0.189. The molecule has 0 radical (unpaired) electrons. The molecule has 0 bridgehead atoms. The van der Waals surface area contributed by atoms with E-state index in [1.165, 1.54) is 0 Å². The highest BCUT2D eigenvalue weighted by molar-refractivity contribution is 7.46. The fourth-order valence-electron chi connectivity index (χ4n) is 0.685. The predicted octanol–water partition coefficient (Wildman–Crippen LogP) is 0.301. The van der Waals surface area contributed by atoms with Gasteiger partial charge >= 0.3 is 7.82 Å². The first-order valence-corrected chi connectivity index (χ1v) is 4.94. The van der Waals surface area contributed by atoms with Crippen molar-refractivity contribution >= 4 is 13.6 Å². The van der Waals surface area contributed by atoms with Crippen molar-refractivity contribution in [2.24, 2.45) is 0 Å². The van der Waals surface area contributed by atoms with Crippen LogP contribution in [0.3, 0.4) is 0 Å². The van der Waals surface area contributed by atoms with E-state index in [0.29, 0.717) is 0 Å². The van der Waals surface area contributed by atoms with E-state index < -0.39 is 27.1 Å². The van der Waals surface area contributed by atoms with E-state index in [4.69, 9.17) is 19.6 Å². The van der Waals surface area contributed by atoms with Crippen molar-refractivity contribution in [1.29, 1.82) is 0 Å². The smallest absolute Gasteiger partial charge is 0.383 e. The molecule has 0 spiro atoms. The summed E-state index contributed by atoms with van der Waals surface area (Å²) in [4.78, 5) is 24.0. The van der Waals surface area contributed by atoms with E-state index in [1.807, 2.05) is 0 Å². The molecule has 0 aliphatic carbocycles. The molecule has 0 aliphatic rings. The molecule has 0 fully saturated rings. The Labute approximate surface area is 96.7 Å². The van der Waals surface area contributed by atoms with Crippen molar-refractivity contribution in [2.45, 2.75) is 13.5 Å². The Kier molecular flexibility index (Phi) is 4.62. The van der Waals surface area contributed by atoms with Crippen molar-refractivity contribution in [3.63, 3.8) is 0 Å². The minimum absolute atomic E-state index is 0. The number of hydrogen-bond donors (Lipinski definition) is 5. The van der Waals surface area contributed by atoms with Gasteiger partial charge in [-0.2, -0.15) is 0 Å². The van der Waals surface area contributed by atoms with Gasteiger partial charge in [-0.3, -0.25) is 4.52 Å². The van der Waals surface area contributed by atoms with Crippen LogP contribution >= 0.6 is 7.82 Å². The van der Waals surface area contributed by atoms with Gasteiger partial charge in [-0.15, -0.1) is 0 Å². The minimum Gasteiger partial charge on any atom is -0.383 e. The minimum atomic E-state index is -4.62. The van der Waals surface area contributed by atoms with E-state index in [9.17, 15) is 4.57 Å². The normalized spacial score (nSPS) is 13.8. The second kappa shape index (κ2) is 6.48. The maximum absolute atomic E-state index is 10.4. The maximum atomic E-state index is 10.4. The van der Waals surface area contributed by atoms with Gasteiger partial charge in [-0.1, -0.05) is 0 Å². The summed E-state index contributed by atoms with van der Waals surface area (Å²) in [5.41, 5.74) is 5.51. The lowest BCUT2D eigenvalue weighted by Crippen LogP contribution is -2.02. The quantitative estimate of drug-likeness (QED) is 0.473. The van der Waals surface area contributed by atoms with Crippen LogP contribution in [0.15, 0.2) is 6.20 Å². The van der Waals surface area contributed by atoms with Gasteiger partial charge in [-0.25, -0.2) is 14.5 Å². The number of nitrogens with two attached hydrogens (primary N) is 1. The molecule has 1 rings (SSSR count). The van der Waals surface area contributed by atoms with Gasteiger partial charge in [0.05, 0.1) is 6.61 Å². The zero-order valence-electron chi connectivity index (χ0n) is 11.3. The Morgan fingerprint density at radius 2 is 2.25 bits per heavy atom. The lowest BCUT2D eigenvalue weighted by atomic mass is 10.3. The summed E-state index contributed by atoms with van der Waals surface area (Å²) in [6, 6.07) is 0. The molecule has 9 nitrogen and oxygen atoms in total. The van der Waals surface area contributed by atoms with Crippen molar-refractivity contribution in [1.82, 2.24) is 22.3 Å². The third-order valence-electron chi connectivity index (χ3n) is 1.29. The Hall–Kier alpha value is -1.09. The largest absolute Gasteiger partial charge is 0.469 e. The third-order valence-corrected chi connectivity index (χ3v) is 1.75. The van der Waals surface area contributed by atoms with Crippen molar-refractivity contribution in [2.75, 3.05) is 5.73 Å². The lowest BCUT2D eigenvalue weighted by Gasteiger charge is -2.06. The Bertz CT molecular complexity index is 465. The van der Waals surface area contributed by atoms with Crippen LogP contribution in [0.1, 0.15) is 15.5 Å². The zero-order valence-corrected chi connectivity index (χ0v) is 9.22. The van der Waals surface area contributed by atoms with Gasteiger partial charge in [0, 0.05) is 15.9 Å². The number of nitrogens with zero attached hydrogens (tertiary/aromatic N) is 2. The average Bonchev–Trinajstić information content (AvgIpc) is 2.12. The Morgan fingerprint density at radius 1 is 1.62 bits per heavy atom. The van der Waals surface area contributed by atoms with E-state index in [-0.39, 0.29) is 23.7 Å². The topological polar surface area (TPSA) is 189 Å². The number of aryl methyl sites for hydroxylation is 1. The average molecular weight is 256 g/mol. The van der Waals surface area contributed by atoms with Crippen molar-refractivity contribution < 1.29 is 23.0 Å². The molecule has 10 N–H and O–H groups in total. The number of hydrogen-bond acceptors (Lipinski definition) is 7. The van der Waals surface area contributed by atoms with Crippen LogP contribution < -0.4 is 18.0 Å². The van der Waals surface area contributed by atoms with E-state index in [2.05, 4.69) is 14.5 Å². The van der Waals surface area contributed by atoms with Gasteiger partial charge in [0.1, 0.15) is 11.6 Å². The molecular formula is C6H16N5O4P. The predicted molar refractivity (Wildman–Crippen MR) is 58.1 cm³/mol.